The number of halogens is 5. The Hall–Kier alpha value is 0.330. The van der Waals surface area contributed by atoms with E-state index in [0.29, 0.717) is 0 Å². The lowest BCUT2D eigenvalue weighted by atomic mass is 10.5. The van der Waals surface area contributed by atoms with E-state index in [9.17, 15) is 0 Å². The van der Waals surface area contributed by atoms with Gasteiger partial charge in [-0.25, -0.2) is 9.97 Å². The first-order chi connectivity index (χ1) is 5.82. The monoisotopic (exact) mass is 279 g/mol. The Morgan fingerprint density at radius 3 is 2.00 bits per heavy atom. The predicted molar refractivity (Wildman–Crippen MR) is 55.7 cm³/mol. The summed E-state index contributed by atoms with van der Waals surface area (Å²) in [6, 6.07) is 0. The summed E-state index contributed by atoms with van der Waals surface area (Å²) in [5.41, 5.74) is 5.37. The van der Waals surface area contributed by atoms with Crippen LogP contribution in [0.15, 0.2) is 0 Å². The van der Waals surface area contributed by atoms with Crippen LogP contribution >= 0.6 is 58.0 Å². The van der Waals surface area contributed by atoms with Gasteiger partial charge in [0.15, 0.2) is 11.0 Å². The summed E-state index contributed by atoms with van der Waals surface area (Å²) in [7, 11) is 0. The summed E-state index contributed by atoms with van der Waals surface area (Å²) in [5.74, 6) is -0.132. The summed E-state index contributed by atoms with van der Waals surface area (Å²) < 4.78 is -1.76. The topological polar surface area (TPSA) is 51.8 Å². The third-order valence-electron chi connectivity index (χ3n) is 1.09. The zero-order valence-corrected chi connectivity index (χ0v) is 9.64. The number of aromatic nitrogens is 2. The molecule has 1 aromatic heterocycles. The average Bonchev–Trinajstić information content (AvgIpc) is 1.97. The summed E-state index contributed by atoms with van der Waals surface area (Å²) in [6.45, 7) is 0. The predicted octanol–water partition coefficient (Wildman–Crippen LogP) is 3.19. The quantitative estimate of drug-likeness (QED) is 0.587. The zero-order chi connectivity index (χ0) is 10.2. The van der Waals surface area contributed by atoms with Gasteiger partial charge in [-0.05, 0) is 0 Å². The Kier molecular flexibility index (Phi) is 3.36. The van der Waals surface area contributed by atoms with Gasteiger partial charge in [0.1, 0.15) is 10.8 Å². The number of anilines is 1. The van der Waals surface area contributed by atoms with E-state index in [2.05, 4.69) is 9.97 Å². The molecule has 13 heavy (non-hydrogen) atoms. The van der Waals surface area contributed by atoms with Crippen LogP contribution in [-0.4, -0.2) is 9.97 Å². The SMILES string of the molecule is Nc1nc(C(Cl)(Cl)Cl)nc(Cl)c1Cl. The van der Waals surface area contributed by atoms with Gasteiger partial charge in [0.05, 0.1) is 0 Å². The van der Waals surface area contributed by atoms with Crippen molar-refractivity contribution in [3.8, 4) is 0 Å². The highest BCUT2D eigenvalue weighted by Gasteiger charge is 2.28. The molecule has 0 aliphatic rings. The summed E-state index contributed by atoms with van der Waals surface area (Å²) in [5, 5.41) is -0.00448. The molecule has 3 nitrogen and oxygen atoms in total. The fraction of sp³-hybridized carbons (Fsp3) is 0.200. The Morgan fingerprint density at radius 2 is 1.62 bits per heavy atom. The van der Waals surface area contributed by atoms with E-state index in [1.165, 1.54) is 0 Å². The number of rotatable bonds is 0. The third kappa shape index (κ3) is 2.64. The van der Waals surface area contributed by atoms with Crippen LogP contribution in [0.2, 0.25) is 10.2 Å². The minimum Gasteiger partial charge on any atom is -0.382 e. The van der Waals surface area contributed by atoms with Crippen LogP contribution in [0.1, 0.15) is 5.82 Å². The second kappa shape index (κ2) is 3.83. The molecule has 1 rings (SSSR count). The van der Waals surface area contributed by atoms with E-state index >= 15 is 0 Å². The van der Waals surface area contributed by atoms with Gasteiger partial charge >= 0.3 is 0 Å². The summed E-state index contributed by atoms with van der Waals surface area (Å²) in [4.78, 5) is 7.31. The van der Waals surface area contributed by atoms with E-state index in [1.807, 2.05) is 0 Å². The third-order valence-corrected chi connectivity index (χ3v) is 2.34. The second-order valence-electron chi connectivity index (χ2n) is 2.04. The molecule has 0 saturated heterocycles. The summed E-state index contributed by atoms with van der Waals surface area (Å²) >= 11 is 27.7. The van der Waals surface area contributed by atoms with Gasteiger partial charge in [-0.2, -0.15) is 0 Å². The highest BCUT2D eigenvalue weighted by atomic mass is 35.6. The second-order valence-corrected chi connectivity index (χ2v) is 5.05. The molecule has 0 aliphatic heterocycles. The normalized spacial score (nSPS) is 11.8. The Labute approximate surface area is 99.1 Å². The number of hydrogen-bond donors (Lipinski definition) is 1. The molecule has 0 atom stereocenters. The van der Waals surface area contributed by atoms with Crippen LogP contribution in [0, 0.1) is 0 Å². The van der Waals surface area contributed by atoms with Crippen LogP contribution in [-0.2, 0) is 3.79 Å². The average molecular weight is 281 g/mol. The molecule has 72 valence electrons. The lowest BCUT2D eigenvalue weighted by Gasteiger charge is -2.10. The van der Waals surface area contributed by atoms with Crippen LogP contribution in [0.5, 0.6) is 0 Å². The van der Waals surface area contributed by atoms with E-state index in [4.69, 9.17) is 63.7 Å². The van der Waals surface area contributed by atoms with Gasteiger partial charge in [0, 0.05) is 0 Å². The van der Waals surface area contributed by atoms with E-state index < -0.39 is 3.79 Å². The molecule has 2 N–H and O–H groups in total. The minimum atomic E-state index is -1.76. The van der Waals surface area contributed by atoms with Crippen LogP contribution in [0.3, 0.4) is 0 Å². The molecule has 0 amide bonds. The smallest absolute Gasteiger partial charge is 0.250 e. The lowest BCUT2D eigenvalue weighted by Crippen LogP contribution is -2.09. The Balaban J connectivity index is 3.29. The highest BCUT2D eigenvalue weighted by Crippen LogP contribution is 2.38. The van der Waals surface area contributed by atoms with Crippen molar-refractivity contribution in [2.45, 2.75) is 3.79 Å². The summed E-state index contributed by atoms with van der Waals surface area (Å²) in [6.07, 6.45) is 0. The van der Waals surface area contributed by atoms with Gasteiger partial charge in [0.2, 0.25) is 3.79 Å². The number of hydrogen-bond acceptors (Lipinski definition) is 3. The van der Waals surface area contributed by atoms with E-state index in [1.54, 1.807) is 0 Å². The minimum absolute atomic E-state index is 0.0250. The maximum Gasteiger partial charge on any atom is 0.250 e. The van der Waals surface area contributed by atoms with E-state index in [-0.39, 0.29) is 21.8 Å². The van der Waals surface area contributed by atoms with Gasteiger partial charge in [-0.15, -0.1) is 0 Å². The van der Waals surface area contributed by atoms with Crippen molar-refractivity contribution in [2.75, 3.05) is 5.73 Å². The molecule has 0 bridgehead atoms. The van der Waals surface area contributed by atoms with Crippen LogP contribution in [0.25, 0.3) is 0 Å². The van der Waals surface area contributed by atoms with Gasteiger partial charge < -0.3 is 5.73 Å². The number of nitrogens with two attached hydrogens (primary N) is 1. The first-order valence-corrected chi connectivity index (χ1v) is 4.77. The molecule has 0 saturated carbocycles. The fourth-order valence-corrected chi connectivity index (χ4v) is 1.08. The molecule has 0 radical (unpaired) electrons. The maximum atomic E-state index is 5.59. The first-order valence-electron chi connectivity index (χ1n) is 2.88. The van der Waals surface area contributed by atoms with Crippen molar-refractivity contribution >= 4 is 63.8 Å². The standard InChI is InChI=1S/C5H2Cl5N3/c6-1-2(7)12-4(5(8,9)10)13-3(1)11/h(H2,11,12,13). The number of nitrogens with zero attached hydrogens (tertiary/aromatic N) is 2. The van der Waals surface area contributed by atoms with Gasteiger partial charge in [-0.3, -0.25) is 0 Å². The lowest BCUT2D eigenvalue weighted by molar-refractivity contribution is 0.976. The van der Waals surface area contributed by atoms with Crippen molar-refractivity contribution in [3.05, 3.63) is 16.0 Å². The van der Waals surface area contributed by atoms with Crippen molar-refractivity contribution in [2.24, 2.45) is 0 Å². The molecule has 0 aromatic carbocycles. The maximum absolute atomic E-state index is 5.59. The van der Waals surface area contributed by atoms with Gasteiger partial charge in [0.25, 0.3) is 0 Å². The number of alkyl halides is 3. The van der Waals surface area contributed by atoms with Crippen LogP contribution < -0.4 is 5.73 Å². The molecule has 1 heterocycles. The van der Waals surface area contributed by atoms with E-state index in [0.717, 1.165) is 0 Å². The molecular weight excluding hydrogens is 279 g/mol. The molecule has 0 spiro atoms. The van der Waals surface area contributed by atoms with Crippen molar-refractivity contribution in [1.82, 2.24) is 9.97 Å². The molecule has 0 aliphatic carbocycles. The zero-order valence-electron chi connectivity index (χ0n) is 5.86. The largest absolute Gasteiger partial charge is 0.382 e. The number of nitrogen functional groups attached to an aromatic ring is 1. The highest BCUT2D eigenvalue weighted by molar-refractivity contribution is 6.66. The fourth-order valence-electron chi connectivity index (χ4n) is 0.563. The Morgan fingerprint density at radius 1 is 1.08 bits per heavy atom. The molecule has 0 fully saturated rings. The van der Waals surface area contributed by atoms with Gasteiger partial charge in [-0.1, -0.05) is 58.0 Å². The first kappa shape index (κ1) is 11.4. The van der Waals surface area contributed by atoms with Crippen molar-refractivity contribution in [3.63, 3.8) is 0 Å². The Bertz CT molecular complexity index is 310. The molecule has 0 unspecified atom stereocenters. The molecule has 8 heteroatoms. The molecule has 1 aromatic rings. The van der Waals surface area contributed by atoms with Crippen molar-refractivity contribution in [1.29, 1.82) is 0 Å². The van der Waals surface area contributed by atoms with Crippen molar-refractivity contribution < 1.29 is 0 Å². The van der Waals surface area contributed by atoms with Crippen LogP contribution in [0.4, 0.5) is 5.82 Å². The molecular formula is C5H2Cl5N3.